The second-order valence-corrected chi connectivity index (χ2v) is 3.99. The van der Waals surface area contributed by atoms with Crippen molar-refractivity contribution in [3.8, 4) is 0 Å². The lowest BCUT2D eigenvalue weighted by Gasteiger charge is -1.97. The van der Waals surface area contributed by atoms with Crippen molar-refractivity contribution in [2.24, 2.45) is 7.05 Å². The second-order valence-electron chi connectivity index (χ2n) is 3.17. The quantitative estimate of drug-likeness (QED) is 0.835. The maximum Gasteiger partial charge on any atom is 0.128 e. The van der Waals surface area contributed by atoms with Crippen LogP contribution in [0.5, 0.6) is 0 Å². The number of rotatable bonds is 3. The van der Waals surface area contributed by atoms with E-state index in [9.17, 15) is 0 Å². The molecule has 2 heterocycles. The van der Waals surface area contributed by atoms with Crippen molar-refractivity contribution < 1.29 is 0 Å². The SMILES string of the molecule is Cn1cc(CCn2ccc(Br)n2)cn1. The molecule has 0 aliphatic carbocycles. The summed E-state index contributed by atoms with van der Waals surface area (Å²) in [5.41, 5.74) is 1.24. The van der Waals surface area contributed by atoms with Gasteiger partial charge in [0.2, 0.25) is 0 Å². The summed E-state index contributed by atoms with van der Waals surface area (Å²) in [6.07, 6.45) is 6.83. The first kappa shape index (κ1) is 9.45. The molecule has 0 saturated carbocycles. The minimum Gasteiger partial charge on any atom is -0.276 e. The van der Waals surface area contributed by atoms with Crippen LogP contribution in [-0.4, -0.2) is 19.6 Å². The first-order chi connectivity index (χ1) is 6.74. The fourth-order valence-electron chi connectivity index (χ4n) is 1.31. The predicted molar refractivity (Wildman–Crippen MR) is 56.8 cm³/mol. The van der Waals surface area contributed by atoms with Crippen molar-refractivity contribution in [1.29, 1.82) is 0 Å². The molecule has 0 aliphatic rings. The second kappa shape index (κ2) is 3.96. The van der Waals surface area contributed by atoms with Crippen LogP contribution >= 0.6 is 15.9 Å². The third kappa shape index (κ3) is 2.23. The van der Waals surface area contributed by atoms with Crippen LogP contribution in [0, 0.1) is 0 Å². The Balaban J connectivity index is 1.94. The van der Waals surface area contributed by atoms with E-state index in [1.807, 2.05) is 41.1 Å². The molecule has 0 aliphatic heterocycles. The molecule has 0 N–H and O–H groups in total. The van der Waals surface area contributed by atoms with Crippen LogP contribution in [0.1, 0.15) is 5.56 Å². The van der Waals surface area contributed by atoms with Gasteiger partial charge < -0.3 is 0 Å². The first-order valence-electron chi connectivity index (χ1n) is 4.40. The lowest BCUT2D eigenvalue weighted by atomic mass is 10.2. The van der Waals surface area contributed by atoms with E-state index in [1.54, 1.807) is 0 Å². The maximum absolute atomic E-state index is 4.24. The van der Waals surface area contributed by atoms with Crippen LogP contribution in [0.4, 0.5) is 0 Å². The Morgan fingerprint density at radius 1 is 1.50 bits per heavy atom. The lowest BCUT2D eigenvalue weighted by Crippen LogP contribution is -2.01. The molecule has 2 aromatic heterocycles. The van der Waals surface area contributed by atoms with E-state index in [-0.39, 0.29) is 0 Å². The average molecular weight is 255 g/mol. The molecule has 0 spiro atoms. The third-order valence-corrected chi connectivity index (χ3v) is 2.42. The van der Waals surface area contributed by atoms with Gasteiger partial charge in [-0.2, -0.15) is 10.2 Å². The zero-order chi connectivity index (χ0) is 9.97. The topological polar surface area (TPSA) is 35.6 Å². The number of hydrogen-bond donors (Lipinski definition) is 0. The number of hydrogen-bond acceptors (Lipinski definition) is 2. The molecule has 2 rings (SSSR count). The summed E-state index contributed by atoms with van der Waals surface area (Å²) in [4.78, 5) is 0. The van der Waals surface area contributed by atoms with E-state index in [0.717, 1.165) is 17.6 Å². The lowest BCUT2D eigenvalue weighted by molar-refractivity contribution is 0.611. The summed E-state index contributed by atoms with van der Waals surface area (Å²) in [5.74, 6) is 0. The highest BCUT2D eigenvalue weighted by Crippen LogP contribution is 2.05. The van der Waals surface area contributed by atoms with Crippen molar-refractivity contribution >= 4 is 15.9 Å². The van der Waals surface area contributed by atoms with E-state index in [4.69, 9.17) is 0 Å². The Bertz CT molecular complexity index is 378. The van der Waals surface area contributed by atoms with Crippen LogP contribution in [-0.2, 0) is 20.0 Å². The van der Waals surface area contributed by atoms with E-state index in [2.05, 4.69) is 26.1 Å². The van der Waals surface area contributed by atoms with Crippen LogP contribution in [0.15, 0.2) is 29.3 Å². The molecule has 0 fully saturated rings. The summed E-state index contributed by atoms with van der Waals surface area (Å²) < 4.78 is 4.61. The minimum atomic E-state index is 0.878. The number of aryl methyl sites for hydroxylation is 3. The highest BCUT2D eigenvalue weighted by Gasteiger charge is 1.98. The molecule has 0 saturated heterocycles. The Hall–Kier alpha value is -1.10. The van der Waals surface area contributed by atoms with Gasteiger partial charge in [-0.15, -0.1) is 0 Å². The van der Waals surface area contributed by atoms with Gasteiger partial charge in [-0.1, -0.05) is 0 Å². The zero-order valence-corrected chi connectivity index (χ0v) is 9.48. The zero-order valence-electron chi connectivity index (χ0n) is 7.89. The van der Waals surface area contributed by atoms with Gasteiger partial charge in [0.25, 0.3) is 0 Å². The normalized spacial score (nSPS) is 10.7. The molecule has 74 valence electrons. The van der Waals surface area contributed by atoms with E-state index < -0.39 is 0 Å². The highest BCUT2D eigenvalue weighted by atomic mass is 79.9. The average Bonchev–Trinajstić information content (AvgIpc) is 2.72. The highest BCUT2D eigenvalue weighted by molar-refractivity contribution is 9.10. The first-order valence-corrected chi connectivity index (χ1v) is 5.20. The summed E-state index contributed by atoms with van der Waals surface area (Å²) in [6.45, 7) is 0.886. The molecular formula is C9H11BrN4. The van der Waals surface area contributed by atoms with Gasteiger partial charge >= 0.3 is 0 Å². The number of nitrogens with zero attached hydrogens (tertiary/aromatic N) is 4. The van der Waals surface area contributed by atoms with Gasteiger partial charge in [-0.05, 0) is 34.0 Å². The molecule has 0 atom stereocenters. The summed E-state index contributed by atoms with van der Waals surface area (Å²) in [5, 5.41) is 8.35. The van der Waals surface area contributed by atoms with Crippen molar-refractivity contribution in [2.45, 2.75) is 13.0 Å². The largest absolute Gasteiger partial charge is 0.276 e. The van der Waals surface area contributed by atoms with Crippen molar-refractivity contribution in [1.82, 2.24) is 19.6 Å². The minimum absolute atomic E-state index is 0.878. The molecule has 0 unspecified atom stereocenters. The Labute approximate surface area is 90.7 Å². The van der Waals surface area contributed by atoms with Gasteiger partial charge in [0.15, 0.2) is 0 Å². The van der Waals surface area contributed by atoms with Crippen molar-refractivity contribution in [3.05, 3.63) is 34.8 Å². The molecule has 2 aromatic rings. The summed E-state index contributed by atoms with van der Waals surface area (Å²) >= 11 is 3.31. The van der Waals surface area contributed by atoms with Gasteiger partial charge in [-0.3, -0.25) is 9.36 Å². The van der Waals surface area contributed by atoms with Gasteiger partial charge in [0, 0.05) is 26.0 Å². The standard InChI is InChI=1S/C9H11BrN4/c1-13-7-8(6-11-13)2-4-14-5-3-9(10)12-14/h3,5-7H,2,4H2,1H3. The predicted octanol–water partition coefficient (Wildman–Crippen LogP) is 1.62. The molecular weight excluding hydrogens is 244 g/mol. The van der Waals surface area contributed by atoms with E-state index in [1.165, 1.54) is 5.56 Å². The molecule has 0 bridgehead atoms. The van der Waals surface area contributed by atoms with E-state index in [0.29, 0.717) is 0 Å². The van der Waals surface area contributed by atoms with Crippen LogP contribution in [0.25, 0.3) is 0 Å². The molecule has 0 aromatic carbocycles. The summed E-state index contributed by atoms with van der Waals surface area (Å²) in [7, 11) is 1.92. The molecule has 0 amide bonds. The Morgan fingerprint density at radius 3 is 2.93 bits per heavy atom. The van der Waals surface area contributed by atoms with Crippen LogP contribution < -0.4 is 0 Å². The fourth-order valence-corrected chi connectivity index (χ4v) is 1.63. The molecule has 5 heteroatoms. The maximum atomic E-state index is 4.24. The van der Waals surface area contributed by atoms with E-state index >= 15 is 0 Å². The van der Waals surface area contributed by atoms with Crippen LogP contribution in [0.3, 0.4) is 0 Å². The molecule has 0 radical (unpaired) electrons. The third-order valence-electron chi connectivity index (χ3n) is 2.00. The number of halogens is 1. The van der Waals surface area contributed by atoms with Gasteiger partial charge in [0.1, 0.15) is 4.60 Å². The van der Waals surface area contributed by atoms with Crippen LogP contribution in [0.2, 0.25) is 0 Å². The smallest absolute Gasteiger partial charge is 0.128 e. The van der Waals surface area contributed by atoms with Gasteiger partial charge in [-0.25, -0.2) is 0 Å². The summed E-state index contributed by atoms with van der Waals surface area (Å²) in [6, 6.07) is 1.93. The Kier molecular flexibility index (Phi) is 2.67. The van der Waals surface area contributed by atoms with Crippen molar-refractivity contribution in [3.63, 3.8) is 0 Å². The number of aromatic nitrogens is 4. The molecule has 4 nitrogen and oxygen atoms in total. The van der Waals surface area contributed by atoms with Gasteiger partial charge in [0.05, 0.1) is 6.20 Å². The monoisotopic (exact) mass is 254 g/mol. The molecule has 14 heavy (non-hydrogen) atoms. The van der Waals surface area contributed by atoms with Crippen molar-refractivity contribution in [2.75, 3.05) is 0 Å². The fraction of sp³-hybridized carbons (Fsp3) is 0.333. The Morgan fingerprint density at radius 2 is 2.36 bits per heavy atom.